The average Bonchev–Trinajstić information content (AvgIpc) is 3.21. The number of carbonyl (C=O) groups is 2. The lowest BCUT2D eigenvalue weighted by atomic mass is 9.95. The standard InChI is InChI=1S/C20H22BrFN2O4/c1-13(28-18-5-4-15(22)11-17(18)21)20(26)24-8-6-14(7-9-24)19(25)23-12-16-3-2-10-27-16/h2-5,10-11,13-14H,6-9,12H2,1H3,(H,23,25). The van der Waals surface area contributed by atoms with Crippen molar-refractivity contribution in [2.45, 2.75) is 32.4 Å². The Morgan fingerprint density at radius 2 is 2.11 bits per heavy atom. The number of benzene rings is 1. The van der Waals surface area contributed by atoms with Crippen LogP contribution in [0.3, 0.4) is 0 Å². The summed E-state index contributed by atoms with van der Waals surface area (Å²) in [7, 11) is 0. The van der Waals surface area contributed by atoms with Gasteiger partial charge in [-0.05, 0) is 66.0 Å². The van der Waals surface area contributed by atoms with Gasteiger partial charge in [-0.3, -0.25) is 9.59 Å². The highest BCUT2D eigenvalue weighted by Crippen LogP contribution is 2.27. The maximum Gasteiger partial charge on any atom is 0.263 e. The van der Waals surface area contributed by atoms with E-state index in [0.29, 0.717) is 48.5 Å². The third-order valence-corrected chi connectivity index (χ3v) is 5.36. The zero-order valence-corrected chi connectivity index (χ0v) is 17.1. The van der Waals surface area contributed by atoms with Crippen LogP contribution in [-0.2, 0) is 16.1 Å². The van der Waals surface area contributed by atoms with Gasteiger partial charge >= 0.3 is 0 Å². The van der Waals surface area contributed by atoms with Gasteiger partial charge in [0, 0.05) is 19.0 Å². The van der Waals surface area contributed by atoms with E-state index < -0.39 is 6.10 Å². The Morgan fingerprint density at radius 3 is 2.75 bits per heavy atom. The van der Waals surface area contributed by atoms with Gasteiger partial charge in [0.05, 0.1) is 17.3 Å². The van der Waals surface area contributed by atoms with Gasteiger partial charge in [0.1, 0.15) is 17.3 Å². The molecule has 2 heterocycles. The zero-order valence-electron chi connectivity index (χ0n) is 15.5. The predicted molar refractivity (Wildman–Crippen MR) is 104 cm³/mol. The van der Waals surface area contributed by atoms with Gasteiger partial charge in [0.15, 0.2) is 6.10 Å². The molecule has 1 N–H and O–H groups in total. The quantitative estimate of drug-likeness (QED) is 0.727. The highest BCUT2D eigenvalue weighted by molar-refractivity contribution is 9.10. The van der Waals surface area contributed by atoms with Crippen LogP contribution < -0.4 is 10.1 Å². The van der Waals surface area contributed by atoms with Gasteiger partial charge in [-0.15, -0.1) is 0 Å². The van der Waals surface area contributed by atoms with Crippen LogP contribution in [0, 0.1) is 11.7 Å². The summed E-state index contributed by atoms with van der Waals surface area (Å²) in [4.78, 5) is 26.6. The molecule has 1 unspecified atom stereocenters. The Morgan fingerprint density at radius 1 is 1.36 bits per heavy atom. The molecular weight excluding hydrogens is 431 g/mol. The molecule has 1 aliphatic heterocycles. The van der Waals surface area contributed by atoms with Crippen molar-refractivity contribution >= 4 is 27.7 Å². The monoisotopic (exact) mass is 452 g/mol. The Bertz CT molecular complexity index is 820. The molecule has 0 spiro atoms. The number of piperidine rings is 1. The van der Waals surface area contributed by atoms with Crippen LogP contribution in [0.1, 0.15) is 25.5 Å². The number of carbonyl (C=O) groups excluding carboxylic acids is 2. The molecule has 8 heteroatoms. The normalized spacial score (nSPS) is 15.9. The minimum atomic E-state index is -0.703. The maximum atomic E-state index is 13.2. The van der Waals surface area contributed by atoms with E-state index in [1.807, 2.05) is 6.07 Å². The lowest BCUT2D eigenvalue weighted by Gasteiger charge is -2.33. The van der Waals surface area contributed by atoms with E-state index in [1.165, 1.54) is 18.2 Å². The number of hydrogen-bond acceptors (Lipinski definition) is 4. The number of nitrogens with zero attached hydrogens (tertiary/aromatic N) is 1. The molecule has 28 heavy (non-hydrogen) atoms. The Labute approximate surface area is 171 Å². The molecular formula is C20H22BrFN2O4. The molecule has 2 amide bonds. The summed E-state index contributed by atoms with van der Waals surface area (Å²) in [5, 5.41) is 2.87. The number of amides is 2. The molecule has 3 rings (SSSR count). The number of likely N-dealkylation sites (tertiary alicyclic amines) is 1. The summed E-state index contributed by atoms with van der Waals surface area (Å²) >= 11 is 3.23. The first-order valence-corrected chi connectivity index (χ1v) is 9.94. The van der Waals surface area contributed by atoms with Crippen molar-refractivity contribution in [3.8, 4) is 5.75 Å². The summed E-state index contributed by atoms with van der Waals surface area (Å²) in [6.07, 6.45) is 2.07. The topological polar surface area (TPSA) is 71.8 Å². The van der Waals surface area contributed by atoms with Crippen molar-refractivity contribution in [3.63, 3.8) is 0 Å². The number of hydrogen-bond donors (Lipinski definition) is 1. The van der Waals surface area contributed by atoms with Crippen LogP contribution in [0.25, 0.3) is 0 Å². The molecule has 0 radical (unpaired) electrons. The fourth-order valence-corrected chi connectivity index (χ4v) is 3.61. The predicted octanol–water partition coefficient (Wildman–Crippen LogP) is 3.50. The third kappa shape index (κ3) is 5.13. The molecule has 0 aliphatic carbocycles. The van der Waals surface area contributed by atoms with Crippen molar-refractivity contribution in [1.82, 2.24) is 10.2 Å². The molecule has 0 saturated carbocycles. The van der Waals surface area contributed by atoms with Crippen LogP contribution >= 0.6 is 15.9 Å². The summed E-state index contributed by atoms with van der Waals surface area (Å²) in [5.74, 6) is 0.439. The smallest absolute Gasteiger partial charge is 0.263 e. The lowest BCUT2D eigenvalue weighted by molar-refractivity contribution is -0.141. The van der Waals surface area contributed by atoms with Crippen molar-refractivity contribution in [2.75, 3.05) is 13.1 Å². The van der Waals surface area contributed by atoms with Crippen molar-refractivity contribution < 1.29 is 23.1 Å². The van der Waals surface area contributed by atoms with Gasteiger partial charge in [-0.25, -0.2) is 4.39 Å². The number of halogens is 2. The molecule has 1 aromatic heterocycles. The Balaban J connectivity index is 1.46. The van der Waals surface area contributed by atoms with Gasteiger partial charge in [-0.2, -0.15) is 0 Å². The molecule has 1 atom stereocenters. The second kappa shape index (κ2) is 9.23. The van der Waals surface area contributed by atoms with E-state index in [0.717, 1.165) is 0 Å². The second-order valence-corrected chi connectivity index (χ2v) is 7.59. The van der Waals surface area contributed by atoms with E-state index in [2.05, 4.69) is 21.2 Å². The summed E-state index contributed by atoms with van der Waals surface area (Å²) < 4.78 is 24.5. The third-order valence-electron chi connectivity index (χ3n) is 4.74. The van der Waals surface area contributed by atoms with E-state index in [-0.39, 0.29) is 23.5 Å². The number of nitrogens with one attached hydrogen (secondary N) is 1. The van der Waals surface area contributed by atoms with Gasteiger partial charge in [0.25, 0.3) is 5.91 Å². The summed E-state index contributed by atoms with van der Waals surface area (Å²) in [6, 6.07) is 7.64. The second-order valence-electron chi connectivity index (χ2n) is 6.73. The van der Waals surface area contributed by atoms with Crippen molar-refractivity contribution in [2.24, 2.45) is 5.92 Å². The van der Waals surface area contributed by atoms with E-state index >= 15 is 0 Å². The molecule has 0 bridgehead atoms. The molecule has 150 valence electrons. The van der Waals surface area contributed by atoms with Crippen LogP contribution in [0.15, 0.2) is 45.5 Å². The molecule has 1 fully saturated rings. The Hall–Kier alpha value is -2.35. The van der Waals surface area contributed by atoms with Crippen LogP contribution in [0.5, 0.6) is 5.75 Å². The summed E-state index contributed by atoms with van der Waals surface area (Å²) in [6.45, 7) is 3.02. The largest absolute Gasteiger partial charge is 0.480 e. The molecule has 6 nitrogen and oxygen atoms in total. The van der Waals surface area contributed by atoms with Gasteiger partial charge in [0.2, 0.25) is 5.91 Å². The first-order chi connectivity index (χ1) is 13.4. The zero-order chi connectivity index (χ0) is 20.1. The molecule has 1 aromatic carbocycles. The van der Waals surface area contributed by atoms with Crippen molar-refractivity contribution in [3.05, 3.63) is 52.6 Å². The average molecular weight is 453 g/mol. The maximum absolute atomic E-state index is 13.2. The minimum absolute atomic E-state index is 0.0250. The van der Waals surface area contributed by atoms with E-state index in [1.54, 1.807) is 24.2 Å². The first-order valence-electron chi connectivity index (χ1n) is 9.14. The van der Waals surface area contributed by atoms with Crippen LogP contribution in [-0.4, -0.2) is 35.9 Å². The minimum Gasteiger partial charge on any atom is -0.480 e. The highest BCUT2D eigenvalue weighted by atomic mass is 79.9. The summed E-state index contributed by atoms with van der Waals surface area (Å²) in [5.41, 5.74) is 0. The van der Waals surface area contributed by atoms with Crippen LogP contribution in [0.2, 0.25) is 0 Å². The lowest BCUT2D eigenvalue weighted by Crippen LogP contribution is -2.47. The van der Waals surface area contributed by atoms with E-state index in [9.17, 15) is 14.0 Å². The fourth-order valence-electron chi connectivity index (χ4n) is 3.16. The van der Waals surface area contributed by atoms with Crippen LogP contribution in [0.4, 0.5) is 4.39 Å². The van der Waals surface area contributed by atoms with E-state index in [4.69, 9.17) is 9.15 Å². The van der Waals surface area contributed by atoms with Crippen molar-refractivity contribution in [1.29, 1.82) is 0 Å². The first kappa shape index (κ1) is 20.4. The number of furan rings is 1. The molecule has 1 saturated heterocycles. The SMILES string of the molecule is CC(Oc1ccc(F)cc1Br)C(=O)N1CCC(C(=O)NCc2ccco2)CC1. The van der Waals surface area contributed by atoms with Gasteiger partial charge in [-0.1, -0.05) is 0 Å². The van der Waals surface area contributed by atoms with Gasteiger partial charge < -0.3 is 19.4 Å². The fraction of sp³-hybridized carbons (Fsp3) is 0.400. The highest BCUT2D eigenvalue weighted by Gasteiger charge is 2.30. The number of ether oxygens (including phenoxy) is 1. The Kier molecular flexibility index (Phi) is 6.72. The molecule has 2 aromatic rings. The number of rotatable bonds is 6. The molecule has 1 aliphatic rings.